The first-order valence-corrected chi connectivity index (χ1v) is 10.6. The van der Waals surface area contributed by atoms with E-state index in [-0.39, 0.29) is 11.7 Å². The number of benzene rings is 2. The van der Waals surface area contributed by atoms with Gasteiger partial charge in [-0.3, -0.25) is 4.79 Å². The summed E-state index contributed by atoms with van der Waals surface area (Å²) >= 11 is 1.24. The number of carbonyl (C=O) groups excluding carboxylic acids is 2. The van der Waals surface area contributed by atoms with Crippen LogP contribution in [-0.4, -0.2) is 44.0 Å². The number of fused-ring (bicyclic) bond motifs is 1. The fourth-order valence-electron chi connectivity index (χ4n) is 2.85. The zero-order valence-electron chi connectivity index (χ0n) is 16.7. The molecule has 0 radical (unpaired) electrons. The molecule has 0 aliphatic carbocycles. The van der Waals surface area contributed by atoms with Crippen LogP contribution in [0, 0.1) is 0 Å². The third-order valence-corrected chi connectivity index (χ3v) is 5.24. The fraction of sp³-hybridized carbons (Fsp3) is 0.136. The predicted octanol–water partition coefficient (Wildman–Crippen LogP) is 3.70. The molecule has 0 saturated carbocycles. The number of amides is 1. The number of carbonyl (C=O) groups is 2. The van der Waals surface area contributed by atoms with E-state index in [0.29, 0.717) is 28.7 Å². The summed E-state index contributed by atoms with van der Waals surface area (Å²) in [5, 5.41) is 16.2. The first-order chi connectivity index (χ1) is 15.1. The van der Waals surface area contributed by atoms with E-state index in [2.05, 4.69) is 20.6 Å². The van der Waals surface area contributed by atoms with Crippen LogP contribution < -0.4 is 5.32 Å². The van der Waals surface area contributed by atoms with Gasteiger partial charge < -0.3 is 10.1 Å². The highest BCUT2D eigenvalue weighted by Gasteiger charge is 2.12. The highest BCUT2D eigenvalue weighted by Crippen LogP contribution is 2.21. The van der Waals surface area contributed by atoms with E-state index in [0.717, 1.165) is 11.3 Å². The number of anilines is 1. The van der Waals surface area contributed by atoms with E-state index in [1.165, 1.54) is 11.8 Å². The molecular weight excluding hydrogens is 414 g/mol. The van der Waals surface area contributed by atoms with Crippen molar-refractivity contribution in [2.75, 3.05) is 17.7 Å². The molecule has 2 heterocycles. The summed E-state index contributed by atoms with van der Waals surface area (Å²) in [6, 6.07) is 20.1. The van der Waals surface area contributed by atoms with Crippen molar-refractivity contribution < 1.29 is 14.3 Å². The van der Waals surface area contributed by atoms with Crippen molar-refractivity contribution in [3.63, 3.8) is 0 Å². The van der Waals surface area contributed by atoms with Crippen LogP contribution in [0.2, 0.25) is 0 Å². The molecule has 1 N–H and O–H groups in total. The molecule has 31 heavy (non-hydrogen) atoms. The van der Waals surface area contributed by atoms with Gasteiger partial charge in [-0.25, -0.2) is 4.79 Å². The van der Waals surface area contributed by atoms with Crippen molar-refractivity contribution >= 4 is 35.0 Å². The van der Waals surface area contributed by atoms with Crippen LogP contribution in [0.15, 0.2) is 71.9 Å². The Hall–Kier alpha value is -3.72. The molecule has 4 rings (SSSR count). The van der Waals surface area contributed by atoms with Crippen molar-refractivity contribution in [3.8, 4) is 11.3 Å². The molecule has 0 saturated heterocycles. The van der Waals surface area contributed by atoms with Crippen molar-refractivity contribution in [1.29, 1.82) is 0 Å². The monoisotopic (exact) mass is 433 g/mol. The average Bonchev–Trinajstić information content (AvgIpc) is 3.21. The SMILES string of the molecule is CCOC(=O)c1ccc(NC(=O)CSc2nnc3ccc(-c4ccccc4)nn23)cc1. The molecule has 2 aromatic carbocycles. The minimum absolute atomic E-state index is 0.137. The van der Waals surface area contributed by atoms with Gasteiger partial charge in [0, 0.05) is 11.3 Å². The topological polar surface area (TPSA) is 98.5 Å². The Kier molecular flexibility index (Phi) is 6.23. The summed E-state index contributed by atoms with van der Waals surface area (Å²) in [7, 11) is 0. The highest BCUT2D eigenvalue weighted by atomic mass is 32.2. The Morgan fingerprint density at radius 1 is 1.00 bits per heavy atom. The maximum absolute atomic E-state index is 12.4. The first-order valence-electron chi connectivity index (χ1n) is 9.62. The van der Waals surface area contributed by atoms with Gasteiger partial charge in [0.25, 0.3) is 0 Å². The zero-order valence-corrected chi connectivity index (χ0v) is 17.5. The zero-order chi connectivity index (χ0) is 21.6. The molecule has 0 spiro atoms. The van der Waals surface area contributed by atoms with Gasteiger partial charge in [0.05, 0.1) is 23.6 Å². The number of hydrogen-bond donors (Lipinski definition) is 1. The second-order valence-electron chi connectivity index (χ2n) is 6.47. The molecule has 0 aliphatic heterocycles. The van der Waals surface area contributed by atoms with E-state index in [1.807, 2.05) is 42.5 Å². The fourth-order valence-corrected chi connectivity index (χ4v) is 3.54. The number of nitrogens with one attached hydrogen (secondary N) is 1. The highest BCUT2D eigenvalue weighted by molar-refractivity contribution is 7.99. The van der Waals surface area contributed by atoms with Gasteiger partial charge >= 0.3 is 5.97 Å². The molecule has 0 fully saturated rings. The van der Waals surface area contributed by atoms with Crippen LogP contribution in [0.5, 0.6) is 0 Å². The van der Waals surface area contributed by atoms with Crippen LogP contribution in [0.1, 0.15) is 17.3 Å². The minimum atomic E-state index is -0.392. The summed E-state index contributed by atoms with van der Waals surface area (Å²) in [6.07, 6.45) is 0. The minimum Gasteiger partial charge on any atom is -0.462 e. The molecular formula is C22H19N5O3S. The van der Waals surface area contributed by atoms with Crippen LogP contribution >= 0.6 is 11.8 Å². The predicted molar refractivity (Wildman–Crippen MR) is 118 cm³/mol. The number of esters is 1. The number of thioether (sulfide) groups is 1. The normalized spacial score (nSPS) is 10.7. The number of ether oxygens (including phenoxy) is 1. The molecule has 0 unspecified atom stereocenters. The van der Waals surface area contributed by atoms with E-state index >= 15 is 0 Å². The molecule has 0 bridgehead atoms. The third kappa shape index (κ3) is 4.89. The summed E-state index contributed by atoms with van der Waals surface area (Å²) in [5.41, 5.74) is 3.41. The van der Waals surface area contributed by atoms with Crippen LogP contribution in [-0.2, 0) is 9.53 Å². The maximum Gasteiger partial charge on any atom is 0.338 e. The van der Waals surface area contributed by atoms with Gasteiger partial charge in [-0.2, -0.15) is 9.61 Å². The van der Waals surface area contributed by atoms with Crippen molar-refractivity contribution in [3.05, 3.63) is 72.3 Å². The largest absolute Gasteiger partial charge is 0.462 e. The van der Waals surface area contributed by atoms with E-state index in [9.17, 15) is 9.59 Å². The molecule has 156 valence electrons. The van der Waals surface area contributed by atoms with Gasteiger partial charge in [0.2, 0.25) is 11.1 Å². The van der Waals surface area contributed by atoms with Crippen LogP contribution in [0.4, 0.5) is 5.69 Å². The first kappa shape index (κ1) is 20.5. The van der Waals surface area contributed by atoms with E-state index in [4.69, 9.17) is 4.74 Å². The van der Waals surface area contributed by atoms with Crippen molar-refractivity contribution in [2.24, 2.45) is 0 Å². The Bertz CT molecular complexity index is 1210. The third-order valence-electron chi connectivity index (χ3n) is 4.32. The van der Waals surface area contributed by atoms with Crippen molar-refractivity contribution in [2.45, 2.75) is 12.1 Å². The van der Waals surface area contributed by atoms with Gasteiger partial charge in [-0.15, -0.1) is 10.2 Å². The van der Waals surface area contributed by atoms with Gasteiger partial charge in [-0.05, 0) is 43.3 Å². The quantitative estimate of drug-likeness (QED) is 0.350. The molecule has 4 aromatic rings. The molecule has 9 heteroatoms. The molecule has 0 atom stereocenters. The lowest BCUT2D eigenvalue weighted by Crippen LogP contribution is -2.14. The number of rotatable bonds is 7. The number of nitrogens with zero attached hydrogens (tertiary/aromatic N) is 4. The van der Waals surface area contributed by atoms with E-state index in [1.54, 1.807) is 35.7 Å². The average molecular weight is 433 g/mol. The summed E-state index contributed by atoms with van der Waals surface area (Å²) in [4.78, 5) is 24.1. The lowest BCUT2D eigenvalue weighted by atomic mass is 10.1. The van der Waals surface area contributed by atoms with Crippen LogP contribution in [0.3, 0.4) is 0 Å². The lowest BCUT2D eigenvalue weighted by molar-refractivity contribution is -0.113. The van der Waals surface area contributed by atoms with Gasteiger partial charge in [-0.1, -0.05) is 42.1 Å². The lowest BCUT2D eigenvalue weighted by Gasteiger charge is -2.06. The second kappa shape index (κ2) is 9.40. The van der Waals surface area contributed by atoms with Crippen molar-refractivity contribution in [1.82, 2.24) is 19.8 Å². The van der Waals surface area contributed by atoms with Gasteiger partial charge in [0.15, 0.2) is 5.65 Å². The standard InChI is InChI=1S/C22H19N5O3S/c1-2-30-21(29)16-8-10-17(11-9-16)23-20(28)14-31-22-25-24-19-13-12-18(26-27(19)22)15-6-4-3-5-7-15/h3-13H,2,14H2,1H3,(H,23,28). The Balaban J connectivity index is 1.41. The molecule has 1 amide bonds. The number of hydrogen-bond acceptors (Lipinski definition) is 7. The molecule has 2 aromatic heterocycles. The molecule has 8 nitrogen and oxygen atoms in total. The summed E-state index contributed by atoms with van der Waals surface area (Å²) < 4.78 is 6.58. The smallest absolute Gasteiger partial charge is 0.338 e. The Labute approximate surface area is 182 Å². The van der Waals surface area contributed by atoms with E-state index < -0.39 is 5.97 Å². The maximum atomic E-state index is 12.4. The Morgan fingerprint density at radius 2 is 1.77 bits per heavy atom. The van der Waals surface area contributed by atoms with Crippen LogP contribution in [0.25, 0.3) is 16.9 Å². The Morgan fingerprint density at radius 3 is 2.52 bits per heavy atom. The summed E-state index contributed by atoms with van der Waals surface area (Å²) in [6.45, 7) is 2.06. The molecule has 0 aliphatic rings. The van der Waals surface area contributed by atoms with Gasteiger partial charge in [0.1, 0.15) is 0 Å². The number of aromatic nitrogens is 4. The second-order valence-corrected chi connectivity index (χ2v) is 7.41. The summed E-state index contributed by atoms with van der Waals surface area (Å²) in [5.74, 6) is -0.459.